The molecule has 0 saturated heterocycles. The molecular weight excluding hydrogens is 342 g/mol. The normalized spacial score (nSPS) is 15.7. The second kappa shape index (κ2) is 9.46. The van der Waals surface area contributed by atoms with Gasteiger partial charge in [0.05, 0.1) is 18.4 Å². The van der Waals surface area contributed by atoms with Crippen molar-refractivity contribution in [3.8, 4) is 5.75 Å². The van der Waals surface area contributed by atoms with E-state index in [1.807, 2.05) is 55.4 Å². The predicted molar refractivity (Wildman–Crippen MR) is 105 cm³/mol. The van der Waals surface area contributed by atoms with Gasteiger partial charge in [-0.1, -0.05) is 18.2 Å². The van der Waals surface area contributed by atoms with Crippen molar-refractivity contribution in [2.24, 2.45) is 0 Å². The fourth-order valence-electron chi connectivity index (χ4n) is 3.40. The molecule has 0 bridgehead atoms. The number of furan rings is 1. The quantitative estimate of drug-likeness (QED) is 0.742. The zero-order chi connectivity index (χ0) is 19.1. The van der Waals surface area contributed by atoms with Gasteiger partial charge in [0, 0.05) is 18.7 Å². The van der Waals surface area contributed by atoms with Gasteiger partial charge in [-0.25, -0.2) is 4.79 Å². The lowest BCUT2D eigenvalue weighted by Crippen LogP contribution is -2.40. The molecular formula is C21H29N3O3. The van der Waals surface area contributed by atoms with Gasteiger partial charge < -0.3 is 19.8 Å². The molecule has 3 rings (SSSR count). The molecule has 1 atom stereocenters. The number of hydrogen-bond donors (Lipinski definition) is 2. The van der Waals surface area contributed by atoms with E-state index in [1.54, 1.807) is 6.26 Å². The van der Waals surface area contributed by atoms with Crippen LogP contribution in [0.25, 0.3) is 0 Å². The van der Waals surface area contributed by atoms with Crippen molar-refractivity contribution >= 4 is 6.03 Å². The summed E-state index contributed by atoms with van der Waals surface area (Å²) in [5.74, 6) is 1.70. The lowest BCUT2D eigenvalue weighted by Gasteiger charge is -2.22. The largest absolute Gasteiger partial charge is 0.490 e. The third-order valence-electron chi connectivity index (χ3n) is 4.96. The lowest BCUT2D eigenvalue weighted by molar-refractivity contribution is 0.207. The number of nitrogens with one attached hydrogen (secondary N) is 2. The average Bonchev–Trinajstić information content (AvgIpc) is 3.35. The summed E-state index contributed by atoms with van der Waals surface area (Å²) in [5.41, 5.74) is 0.995. The van der Waals surface area contributed by atoms with Crippen molar-refractivity contribution < 1.29 is 13.9 Å². The molecule has 27 heavy (non-hydrogen) atoms. The van der Waals surface area contributed by atoms with Crippen molar-refractivity contribution in [3.05, 3.63) is 54.0 Å². The fourth-order valence-corrected chi connectivity index (χ4v) is 3.40. The first-order chi connectivity index (χ1) is 13.1. The van der Waals surface area contributed by atoms with Gasteiger partial charge in [-0.2, -0.15) is 0 Å². The first kappa shape index (κ1) is 19.3. The standard InChI is InChI=1S/C21H29N3O3/c1-24(2)18(20-12-7-13-26-20)15-23-21(25)22-14-16-8-3-6-11-19(16)27-17-9-4-5-10-17/h3,6-8,11-13,17-18H,4-5,9-10,14-15H2,1-2H3,(H2,22,23,25). The van der Waals surface area contributed by atoms with Gasteiger partial charge in [0.25, 0.3) is 0 Å². The van der Waals surface area contributed by atoms with E-state index in [2.05, 4.69) is 10.6 Å². The maximum atomic E-state index is 12.3. The highest BCUT2D eigenvalue weighted by Gasteiger charge is 2.19. The number of para-hydroxylation sites is 1. The highest BCUT2D eigenvalue weighted by Crippen LogP contribution is 2.26. The maximum Gasteiger partial charge on any atom is 0.315 e. The van der Waals surface area contributed by atoms with Crippen LogP contribution in [0, 0.1) is 0 Å². The molecule has 1 heterocycles. The summed E-state index contributed by atoms with van der Waals surface area (Å²) < 4.78 is 11.6. The number of hydrogen-bond acceptors (Lipinski definition) is 4. The number of rotatable bonds is 8. The van der Waals surface area contributed by atoms with Gasteiger partial charge in [0.2, 0.25) is 0 Å². The van der Waals surface area contributed by atoms with Crippen molar-refractivity contribution in [2.75, 3.05) is 20.6 Å². The lowest BCUT2D eigenvalue weighted by atomic mass is 10.2. The summed E-state index contributed by atoms with van der Waals surface area (Å²) in [6, 6.07) is 11.5. The summed E-state index contributed by atoms with van der Waals surface area (Å²) in [5, 5.41) is 5.85. The zero-order valence-corrected chi connectivity index (χ0v) is 16.1. The van der Waals surface area contributed by atoms with Gasteiger partial charge in [-0.3, -0.25) is 4.90 Å². The molecule has 146 valence electrons. The van der Waals surface area contributed by atoms with Crippen molar-refractivity contribution in [1.29, 1.82) is 0 Å². The Morgan fingerprint density at radius 3 is 2.67 bits per heavy atom. The van der Waals surface area contributed by atoms with Crippen LogP contribution in [0.1, 0.15) is 43.0 Å². The average molecular weight is 371 g/mol. The third kappa shape index (κ3) is 5.50. The molecule has 1 aromatic carbocycles. The highest BCUT2D eigenvalue weighted by atomic mass is 16.5. The summed E-state index contributed by atoms with van der Waals surface area (Å²) in [6.45, 7) is 0.897. The van der Waals surface area contributed by atoms with Gasteiger partial charge in [0.1, 0.15) is 11.5 Å². The maximum absolute atomic E-state index is 12.3. The van der Waals surface area contributed by atoms with Gasteiger partial charge in [-0.05, 0) is 58.0 Å². The number of carbonyl (C=O) groups is 1. The van der Waals surface area contributed by atoms with E-state index in [1.165, 1.54) is 12.8 Å². The molecule has 2 amide bonds. The number of nitrogens with zero attached hydrogens (tertiary/aromatic N) is 1. The summed E-state index contributed by atoms with van der Waals surface area (Å²) >= 11 is 0. The van der Waals surface area contributed by atoms with Gasteiger partial charge in [-0.15, -0.1) is 0 Å². The zero-order valence-electron chi connectivity index (χ0n) is 16.1. The van der Waals surface area contributed by atoms with Crippen LogP contribution < -0.4 is 15.4 Å². The molecule has 6 nitrogen and oxygen atoms in total. The van der Waals surface area contributed by atoms with E-state index < -0.39 is 0 Å². The van der Waals surface area contributed by atoms with Crippen LogP contribution >= 0.6 is 0 Å². The minimum absolute atomic E-state index is 0.0104. The Hall–Kier alpha value is -2.47. The molecule has 2 aromatic rings. The van der Waals surface area contributed by atoms with Crippen LogP contribution in [0.15, 0.2) is 47.1 Å². The first-order valence-electron chi connectivity index (χ1n) is 9.59. The van der Waals surface area contributed by atoms with Gasteiger partial charge >= 0.3 is 6.03 Å². The molecule has 1 saturated carbocycles. The number of benzene rings is 1. The van der Waals surface area contributed by atoms with E-state index in [0.29, 0.717) is 19.2 Å². The van der Waals surface area contributed by atoms with E-state index in [-0.39, 0.29) is 12.1 Å². The Labute approximate surface area is 160 Å². The van der Waals surface area contributed by atoms with Crippen molar-refractivity contribution in [2.45, 2.75) is 44.4 Å². The number of urea groups is 1. The summed E-state index contributed by atoms with van der Waals surface area (Å²) in [7, 11) is 3.92. The van der Waals surface area contributed by atoms with Crippen molar-refractivity contribution in [1.82, 2.24) is 15.5 Å². The minimum Gasteiger partial charge on any atom is -0.490 e. The van der Waals surface area contributed by atoms with E-state index in [0.717, 1.165) is 29.9 Å². The first-order valence-corrected chi connectivity index (χ1v) is 9.59. The smallest absolute Gasteiger partial charge is 0.315 e. The number of carbonyl (C=O) groups excluding carboxylic acids is 1. The molecule has 1 unspecified atom stereocenters. The van der Waals surface area contributed by atoms with Crippen molar-refractivity contribution in [3.63, 3.8) is 0 Å². The molecule has 2 N–H and O–H groups in total. The predicted octanol–water partition coefficient (Wildman–Crippen LogP) is 3.70. The topological polar surface area (TPSA) is 66.7 Å². The van der Waals surface area contributed by atoms with Gasteiger partial charge in [0.15, 0.2) is 0 Å². The van der Waals surface area contributed by atoms with Crippen LogP contribution in [-0.4, -0.2) is 37.7 Å². The molecule has 1 aliphatic carbocycles. The van der Waals surface area contributed by atoms with Crippen LogP contribution in [0.2, 0.25) is 0 Å². The van der Waals surface area contributed by atoms with E-state index in [9.17, 15) is 4.79 Å². The number of ether oxygens (including phenoxy) is 1. The third-order valence-corrected chi connectivity index (χ3v) is 4.96. The molecule has 0 spiro atoms. The molecule has 1 aliphatic rings. The molecule has 6 heteroatoms. The Kier molecular flexibility index (Phi) is 6.76. The Morgan fingerprint density at radius 1 is 1.19 bits per heavy atom. The Morgan fingerprint density at radius 2 is 1.96 bits per heavy atom. The second-order valence-electron chi connectivity index (χ2n) is 7.19. The monoisotopic (exact) mass is 371 g/mol. The Bertz CT molecular complexity index is 709. The fraction of sp³-hybridized carbons (Fsp3) is 0.476. The number of amides is 2. The highest BCUT2D eigenvalue weighted by molar-refractivity contribution is 5.74. The van der Waals surface area contributed by atoms with E-state index >= 15 is 0 Å². The number of likely N-dealkylation sites (N-methyl/N-ethyl adjacent to an activating group) is 1. The molecule has 0 aliphatic heterocycles. The molecule has 1 aromatic heterocycles. The van der Waals surface area contributed by atoms with Crippen LogP contribution in [0.3, 0.4) is 0 Å². The second-order valence-corrected chi connectivity index (χ2v) is 7.19. The summed E-state index contributed by atoms with van der Waals surface area (Å²) in [4.78, 5) is 14.3. The van der Waals surface area contributed by atoms with Crippen LogP contribution in [-0.2, 0) is 6.54 Å². The molecule has 1 fully saturated rings. The van der Waals surface area contributed by atoms with Crippen LogP contribution in [0.4, 0.5) is 4.79 Å². The SMILES string of the molecule is CN(C)C(CNC(=O)NCc1ccccc1OC1CCCC1)c1ccco1. The van der Waals surface area contributed by atoms with E-state index in [4.69, 9.17) is 9.15 Å². The summed E-state index contributed by atoms with van der Waals surface area (Å²) in [6.07, 6.45) is 6.63. The Balaban J connectivity index is 1.50. The van der Waals surface area contributed by atoms with Crippen LogP contribution in [0.5, 0.6) is 5.75 Å². The minimum atomic E-state index is -0.205. The molecule has 0 radical (unpaired) electrons.